The highest BCUT2D eigenvalue weighted by molar-refractivity contribution is 5.79. The molecule has 0 bridgehead atoms. The molecule has 1 saturated heterocycles. The van der Waals surface area contributed by atoms with E-state index in [1.54, 1.807) is 12.3 Å². The van der Waals surface area contributed by atoms with Crippen molar-refractivity contribution < 1.29 is 0 Å². The molecule has 7 nitrogen and oxygen atoms in total. The van der Waals surface area contributed by atoms with E-state index in [2.05, 4.69) is 73.1 Å². The zero-order valence-electron chi connectivity index (χ0n) is 20.6. The molecule has 1 fully saturated rings. The lowest BCUT2D eigenvalue weighted by Gasteiger charge is -2.38. The van der Waals surface area contributed by atoms with Gasteiger partial charge in [0.1, 0.15) is 11.5 Å². The van der Waals surface area contributed by atoms with Crippen LogP contribution >= 0.6 is 0 Å². The largest absolute Gasteiger partial charge is 0.371 e. The lowest BCUT2D eigenvalue weighted by molar-refractivity contribution is 0.175. The van der Waals surface area contributed by atoms with Crippen molar-refractivity contribution in [3.05, 3.63) is 96.4 Å². The summed E-state index contributed by atoms with van der Waals surface area (Å²) in [6.45, 7) is 18.6. The number of rotatable bonds is 8. The van der Waals surface area contributed by atoms with Crippen LogP contribution < -0.4 is 5.32 Å². The fourth-order valence-electron chi connectivity index (χ4n) is 4.17. The molecule has 0 atom stereocenters. The summed E-state index contributed by atoms with van der Waals surface area (Å²) < 4.78 is 1.89. The van der Waals surface area contributed by atoms with Crippen molar-refractivity contribution in [1.29, 1.82) is 5.26 Å². The van der Waals surface area contributed by atoms with Crippen molar-refractivity contribution in [2.45, 2.75) is 20.4 Å². The molecular weight excluding hydrogens is 434 g/mol. The number of aliphatic imine (C=N–C) groups is 1. The van der Waals surface area contributed by atoms with Gasteiger partial charge in [0.2, 0.25) is 0 Å². The second-order valence-corrected chi connectivity index (χ2v) is 8.98. The summed E-state index contributed by atoms with van der Waals surface area (Å²) in [5.41, 5.74) is 7.46. The molecule has 7 heteroatoms. The fourth-order valence-corrected chi connectivity index (χ4v) is 4.17. The van der Waals surface area contributed by atoms with Gasteiger partial charge in [0.15, 0.2) is 0 Å². The molecule has 1 aromatic carbocycles. The lowest BCUT2D eigenvalue weighted by Crippen LogP contribution is -2.45. The van der Waals surface area contributed by atoms with Crippen LogP contribution in [-0.4, -0.2) is 45.9 Å². The number of aryl methyl sites for hydroxylation is 2. The Bertz CT molecular complexity index is 1310. The molecule has 0 unspecified atom stereocenters. The van der Waals surface area contributed by atoms with Gasteiger partial charge in [0.25, 0.3) is 0 Å². The Kier molecular flexibility index (Phi) is 6.74. The van der Waals surface area contributed by atoms with E-state index >= 15 is 0 Å². The fraction of sp³-hybridized carbons (Fsp3) is 0.250. The molecule has 4 rings (SSSR count). The van der Waals surface area contributed by atoms with E-state index < -0.39 is 0 Å². The maximum atomic E-state index is 9.08. The number of nitrogens with zero attached hydrogens (tertiary/aromatic N) is 6. The zero-order valence-corrected chi connectivity index (χ0v) is 20.6. The molecule has 2 aromatic rings. The van der Waals surface area contributed by atoms with E-state index in [1.165, 1.54) is 0 Å². The van der Waals surface area contributed by atoms with E-state index in [1.807, 2.05) is 35.1 Å². The summed E-state index contributed by atoms with van der Waals surface area (Å²) in [4.78, 5) is 8.57. The summed E-state index contributed by atoms with van der Waals surface area (Å²) in [6.07, 6.45) is 9.32. The normalized spacial score (nSPS) is 16.5. The van der Waals surface area contributed by atoms with Crippen molar-refractivity contribution in [3.8, 4) is 17.3 Å². The first kappa shape index (κ1) is 23.8. The van der Waals surface area contributed by atoms with Gasteiger partial charge in [-0.15, -0.1) is 0 Å². The highest BCUT2D eigenvalue weighted by Crippen LogP contribution is 2.33. The number of hydrogen-bond acceptors (Lipinski definition) is 6. The summed E-state index contributed by atoms with van der Waals surface area (Å²) in [6, 6.07) is 8.67. The van der Waals surface area contributed by atoms with Crippen molar-refractivity contribution in [1.82, 2.24) is 19.6 Å². The number of benzene rings is 1. The average molecular weight is 466 g/mol. The maximum Gasteiger partial charge on any atom is 0.141 e. The Hall–Kier alpha value is -4.31. The predicted octanol–water partition coefficient (Wildman–Crippen LogP) is 4.99. The van der Waals surface area contributed by atoms with Gasteiger partial charge in [-0.05, 0) is 31.6 Å². The maximum absolute atomic E-state index is 9.08. The monoisotopic (exact) mass is 465 g/mol. The van der Waals surface area contributed by atoms with Crippen LogP contribution in [0.25, 0.3) is 11.3 Å². The van der Waals surface area contributed by atoms with E-state index in [0.717, 1.165) is 58.3 Å². The Morgan fingerprint density at radius 1 is 1.29 bits per heavy atom. The van der Waals surface area contributed by atoms with Gasteiger partial charge in [-0.2, -0.15) is 10.4 Å². The molecule has 0 aliphatic carbocycles. The Balaban J connectivity index is 1.67. The van der Waals surface area contributed by atoms with Crippen LogP contribution in [0.1, 0.15) is 11.1 Å². The van der Waals surface area contributed by atoms with Crippen LogP contribution in [0.2, 0.25) is 0 Å². The molecule has 1 aromatic heterocycles. The van der Waals surface area contributed by atoms with Crippen LogP contribution in [0, 0.1) is 31.1 Å². The van der Waals surface area contributed by atoms with Crippen LogP contribution in [0.5, 0.6) is 0 Å². The molecule has 0 radical (unpaired) electrons. The van der Waals surface area contributed by atoms with E-state index in [-0.39, 0.29) is 5.92 Å². The topological polar surface area (TPSA) is 72.5 Å². The van der Waals surface area contributed by atoms with Crippen LogP contribution in [0.3, 0.4) is 0 Å². The first-order valence-corrected chi connectivity index (χ1v) is 11.5. The van der Waals surface area contributed by atoms with Crippen LogP contribution in [0.15, 0.2) is 90.3 Å². The van der Waals surface area contributed by atoms with Crippen LogP contribution in [0.4, 0.5) is 5.69 Å². The van der Waals surface area contributed by atoms with Gasteiger partial charge >= 0.3 is 0 Å². The molecular formula is C28H31N7. The van der Waals surface area contributed by atoms with Gasteiger partial charge in [-0.25, -0.2) is 4.99 Å². The number of likely N-dealkylation sites (tertiary alicyclic amines) is 1. The molecule has 2 aliphatic heterocycles. The van der Waals surface area contributed by atoms with Gasteiger partial charge < -0.3 is 15.1 Å². The van der Waals surface area contributed by atoms with Gasteiger partial charge in [-0.3, -0.25) is 4.68 Å². The third-order valence-corrected chi connectivity index (χ3v) is 6.25. The minimum Gasteiger partial charge on any atom is -0.371 e. The Labute approximate surface area is 207 Å². The molecule has 0 spiro atoms. The van der Waals surface area contributed by atoms with Gasteiger partial charge in [-0.1, -0.05) is 43.5 Å². The second-order valence-electron chi connectivity index (χ2n) is 8.98. The molecule has 0 amide bonds. The highest BCUT2D eigenvalue weighted by Gasteiger charge is 2.27. The molecule has 3 heterocycles. The number of aromatic nitrogens is 2. The number of hydrogen-bond donors (Lipinski definition) is 1. The van der Waals surface area contributed by atoms with Crippen molar-refractivity contribution in [3.63, 3.8) is 0 Å². The Morgan fingerprint density at radius 3 is 2.74 bits per heavy atom. The smallest absolute Gasteiger partial charge is 0.141 e. The number of nitrogens with one attached hydrogen (secondary N) is 1. The van der Waals surface area contributed by atoms with E-state index in [0.29, 0.717) is 12.2 Å². The molecule has 178 valence electrons. The SMILES string of the molecule is C=C/C(C(=C)Nc1cn(CC(=C)N2CC(C#N)C2)nc1-c1cc(C)ccc1C)=C1/N=CC=CN1C. The third kappa shape index (κ3) is 4.97. The van der Waals surface area contributed by atoms with E-state index in [4.69, 9.17) is 10.4 Å². The summed E-state index contributed by atoms with van der Waals surface area (Å²) in [7, 11) is 1.94. The van der Waals surface area contributed by atoms with Crippen molar-refractivity contribution in [2.75, 3.05) is 25.5 Å². The summed E-state index contributed by atoms with van der Waals surface area (Å²) in [5, 5.41) is 17.5. The minimum atomic E-state index is 0.0798. The first-order valence-electron chi connectivity index (χ1n) is 11.5. The number of anilines is 1. The molecule has 0 saturated carbocycles. The quantitative estimate of drug-likeness (QED) is 0.595. The predicted molar refractivity (Wildman–Crippen MR) is 142 cm³/mol. The standard InChI is InChI=1S/C28H31N7/c1-7-24(28-30-11-8-12-33(28)6)22(5)31-26-18-35(15-21(4)34-16-23(14-29)17-34)32-27(26)25-13-19(2)9-10-20(25)3/h7-13,18,23,31H,1,4-5,15-17H2,2-3,6H3/b28-24+. The molecule has 35 heavy (non-hydrogen) atoms. The minimum absolute atomic E-state index is 0.0798. The average Bonchev–Trinajstić information content (AvgIpc) is 3.18. The highest BCUT2D eigenvalue weighted by atomic mass is 15.3. The zero-order chi connectivity index (χ0) is 25.1. The Morgan fingerprint density at radius 2 is 2.06 bits per heavy atom. The summed E-state index contributed by atoms with van der Waals surface area (Å²) in [5.74, 6) is 0.843. The summed E-state index contributed by atoms with van der Waals surface area (Å²) >= 11 is 0. The number of allylic oxidation sites excluding steroid dienone is 3. The molecule has 2 aliphatic rings. The lowest BCUT2D eigenvalue weighted by atomic mass is 10.0. The second kappa shape index (κ2) is 9.90. The third-order valence-electron chi connectivity index (χ3n) is 6.25. The van der Waals surface area contributed by atoms with Crippen molar-refractivity contribution in [2.24, 2.45) is 10.9 Å². The first-order chi connectivity index (χ1) is 16.8. The van der Waals surface area contributed by atoms with Crippen LogP contribution in [-0.2, 0) is 6.54 Å². The number of nitriles is 1. The van der Waals surface area contributed by atoms with Gasteiger partial charge in [0, 0.05) is 61.3 Å². The van der Waals surface area contributed by atoms with E-state index in [9.17, 15) is 0 Å². The van der Waals surface area contributed by atoms with Gasteiger partial charge in [0.05, 0.1) is 24.2 Å². The molecule has 1 N–H and O–H groups in total. The van der Waals surface area contributed by atoms with Crippen molar-refractivity contribution >= 4 is 11.9 Å².